The van der Waals surface area contributed by atoms with Crippen LogP contribution >= 0.6 is 0 Å². The number of hydrogen-bond donors (Lipinski definition) is 2. The molecule has 0 aliphatic heterocycles. The molecule has 0 unspecified atom stereocenters. The largest absolute Gasteiger partial charge is 0.508 e. The SMILES string of the molecule is C[C@H](Cc1ccc(O)cc1)NC(=O)OCc1ccccc1. The number of carbonyl (C=O) groups excluding carboxylic acids is 1. The monoisotopic (exact) mass is 285 g/mol. The Hall–Kier alpha value is -2.49. The molecule has 0 heterocycles. The van der Waals surface area contributed by atoms with Gasteiger partial charge in [0, 0.05) is 6.04 Å². The molecule has 0 aromatic heterocycles. The highest BCUT2D eigenvalue weighted by molar-refractivity contribution is 5.67. The molecule has 2 rings (SSSR count). The fraction of sp³-hybridized carbons (Fsp3) is 0.235. The van der Waals surface area contributed by atoms with Crippen LogP contribution in [0.25, 0.3) is 0 Å². The predicted octanol–water partition coefficient (Wildman–Crippen LogP) is 3.25. The molecule has 0 aliphatic rings. The van der Waals surface area contributed by atoms with E-state index in [1.54, 1.807) is 12.1 Å². The molecule has 1 amide bonds. The van der Waals surface area contributed by atoms with E-state index in [4.69, 9.17) is 4.74 Å². The molecular weight excluding hydrogens is 266 g/mol. The van der Waals surface area contributed by atoms with Crippen molar-refractivity contribution in [3.8, 4) is 5.75 Å². The molecule has 1 atom stereocenters. The summed E-state index contributed by atoms with van der Waals surface area (Å²) in [4.78, 5) is 11.7. The summed E-state index contributed by atoms with van der Waals surface area (Å²) >= 11 is 0. The van der Waals surface area contributed by atoms with Crippen LogP contribution in [0.1, 0.15) is 18.1 Å². The van der Waals surface area contributed by atoms with E-state index in [0.717, 1.165) is 11.1 Å². The lowest BCUT2D eigenvalue weighted by molar-refractivity contribution is 0.136. The number of benzene rings is 2. The second kappa shape index (κ2) is 7.33. The number of amides is 1. The van der Waals surface area contributed by atoms with Gasteiger partial charge in [-0.1, -0.05) is 42.5 Å². The Kier molecular flexibility index (Phi) is 5.21. The molecule has 2 N–H and O–H groups in total. The Balaban J connectivity index is 1.75. The molecule has 0 radical (unpaired) electrons. The summed E-state index contributed by atoms with van der Waals surface area (Å²) in [6.45, 7) is 2.18. The molecule has 4 heteroatoms. The van der Waals surface area contributed by atoms with Crippen molar-refractivity contribution in [1.29, 1.82) is 0 Å². The summed E-state index contributed by atoms with van der Waals surface area (Å²) in [7, 11) is 0. The van der Waals surface area contributed by atoms with Crippen molar-refractivity contribution < 1.29 is 14.6 Å². The number of ether oxygens (including phenoxy) is 1. The van der Waals surface area contributed by atoms with E-state index in [0.29, 0.717) is 6.42 Å². The highest BCUT2D eigenvalue weighted by Crippen LogP contribution is 2.11. The highest BCUT2D eigenvalue weighted by Gasteiger charge is 2.09. The van der Waals surface area contributed by atoms with E-state index in [1.165, 1.54) is 0 Å². The number of phenols is 1. The normalized spacial score (nSPS) is 11.7. The van der Waals surface area contributed by atoms with Crippen LogP contribution in [0.4, 0.5) is 4.79 Å². The number of aromatic hydroxyl groups is 1. The maximum atomic E-state index is 11.7. The number of carbonyl (C=O) groups is 1. The number of rotatable bonds is 5. The first-order valence-corrected chi connectivity index (χ1v) is 6.88. The van der Waals surface area contributed by atoms with Crippen molar-refractivity contribution in [3.05, 3.63) is 65.7 Å². The van der Waals surface area contributed by atoms with Gasteiger partial charge in [-0.05, 0) is 36.6 Å². The summed E-state index contributed by atoms with van der Waals surface area (Å²) in [5.74, 6) is 0.238. The van der Waals surface area contributed by atoms with E-state index in [2.05, 4.69) is 5.32 Å². The second-order valence-electron chi connectivity index (χ2n) is 4.98. The Morgan fingerprint density at radius 1 is 1.10 bits per heavy atom. The van der Waals surface area contributed by atoms with Gasteiger partial charge < -0.3 is 15.2 Å². The topological polar surface area (TPSA) is 58.6 Å². The van der Waals surface area contributed by atoms with E-state index in [-0.39, 0.29) is 18.4 Å². The van der Waals surface area contributed by atoms with Crippen molar-refractivity contribution in [2.75, 3.05) is 0 Å². The van der Waals surface area contributed by atoms with Crippen LogP contribution in [0.15, 0.2) is 54.6 Å². The van der Waals surface area contributed by atoms with Crippen LogP contribution in [0.3, 0.4) is 0 Å². The lowest BCUT2D eigenvalue weighted by Gasteiger charge is -2.14. The van der Waals surface area contributed by atoms with Crippen molar-refractivity contribution in [3.63, 3.8) is 0 Å². The molecule has 0 bridgehead atoms. The molecule has 4 nitrogen and oxygen atoms in total. The molecule has 0 saturated heterocycles. The van der Waals surface area contributed by atoms with Gasteiger partial charge in [-0.15, -0.1) is 0 Å². The van der Waals surface area contributed by atoms with Crippen molar-refractivity contribution in [1.82, 2.24) is 5.32 Å². The molecule has 0 saturated carbocycles. The zero-order valence-electron chi connectivity index (χ0n) is 12.0. The number of hydrogen-bond acceptors (Lipinski definition) is 3. The molecule has 0 aliphatic carbocycles. The van der Waals surface area contributed by atoms with Gasteiger partial charge in [0.1, 0.15) is 12.4 Å². The van der Waals surface area contributed by atoms with Gasteiger partial charge in [-0.2, -0.15) is 0 Å². The third-order valence-corrected chi connectivity index (χ3v) is 3.06. The summed E-state index contributed by atoms with van der Waals surface area (Å²) in [5.41, 5.74) is 2.00. The standard InChI is InChI=1S/C17H19NO3/c1-13(11-14-7-9-16(19)10-8-14)18-17(20)21-12-15-5-3-2-4-6-15/h2-10,13,19H,11-12H2,1H3,(H,18,20)/t13-/m1/s1. The van der Waals surface area contributed by atoms with Gasteiger partial charge >= 0.3 is 6.09 Å². The van der Waals surface area contributed by atoms with Crippen LogP contribution in [0, 0.1) is 0 Å². The maximum Gasteiger partial charge on any atom is 0.407 e. The van der Waals surface area contributed by atoms with E-state index in [1.807, 2.05) is 49.4 Å². The van der Waals surface area contributed by atoms with E-state index >= 15 is 0 Å². The van der Waals surface area contributed by atoms with Crippen LogP contribution in [-0.4, -0.2) is 17.2 Å². The van der Waals surface area contributed by atoms with Gasteiger partial charge in [0.2, 0.25) is 0 Å². The molecule has 21 heavy (non-hydrogen) atoms. The molecule has 2 aromatic rings. The predicted molar refractivity (Wildman–Crippen MR) is 81.0 cm³/mol. The second-order valence-corrected chi connectivity index (χ2v) is 4.98. The Labute approximate surface area is 124 Å². The zero-order chi connectivity index (χ0) is 15.1. The third-order valence-electron chi connectivity index (χ3n) is 3.06. The third kappa shape index (κ3) is 5.18. The fourth-order valence-electron chi connectivity index (χ4n) is 2.00. The average Bonchev–Trinajstić information content (AvgIpc) is 2.48. The lowest BCUT2D eigenvalue weighted by Crippen LogP contribution is -2.34. The molecule has 0 spiro atoms. The van der Waals surface area contributed by atoms with Gasteiger partial charge in [-0.3, -0.25) is 0 Å². The van der Waals surface area contributed by atoms with Crippen molar-refractivity contribution in [2.45, 2.75) is 26.0 Å². The average molecular weight is 285 g/mol. The van der Waals surface area contributed by atoms with Gasteiger partial charge in [0.05, 0.1) is 0 Å². The minimum absolute atomic E-state index is 0.0437. The van der Waals surface area contributed by atoms with E-state index in [9.17, 15) is 9.90 Å². The Morgan fingerprint density at radius 3 is 2.43 bits per heavy atom. The minimum atomic E-state index is -0.426. The highest BCUT2D eigenvalue weighted by atomic mass is 16.5. The van der Waals surface area contributed by atoms with Gasteiger partial charge in [0.15, 0.2) is 0 Å². The summed E-state index contributed by atoms with van der Waals surface area (Å²) in [5, 5.41) is 12.0. The zero-order valence-corrected chi connectivity index (χ0v) is 12.0. The number of phenolic OH excluding ortho intramolecular Hbond substituents is 1. The van der Waals surface area contributed by atoms with Crippen LogP contribution in [0.5, 0.6) is 5.75 Å². The van der Waals surface area contributed by atoms with Crippen LogP contribution < -0.4 is 5.32 Å². The molecule has 0 fully saturated rings. The van der Waals surface area contributed by atoms with Gasteiger partial charge in [-0.25, -0.2) is 4.79 Å². The summed E-state index contributed by atoms with van der Waals surface area (Å²) < 4.78 is 5.17. The minimum Gasteiger partial charge on any atom is -0.508 e. The summed E-state index contributed by atoms with van der Waals surface area (Å²) in [6, 6.07) is 16.5. The summed E-state index contributed by atoms with van der Waals surface area (Å²) in [6.07, 6.45) is 0.255. The first-order valence-electron chi connectivity index (χ1n) is 6.88. The molecule has 110 valence electrons. The van der Waals surface area contributed by atoms with Crippen LogP contribution in [0.2, 0.25) is 0 Å². The lowest BCUT2D eigenvalue weighted by atomic mass is 10.1. The first-order chi connectivity index (χ1) is 10.1. The Morgan fingerprint density at radius 2 is 1.76 bits per heavy atom. The number of alkyl carbamates (subject to hydrolysis) is 1. The van der Waals surface area contributed by atoms with Crippen molar-refractivity contribution in [2.24, 2.45) is 0 Å². The Bertz CT molecular complexity index is 566. The van der Waals surface area contributed by atoms with Crippen LogP contribution in [-0.2, 0) is 17.8 Å². The molecule has 2 aromatic carbocycles. The number of nitrogens with one attached hydrogen (secondary N) is 1. The smallest absolute Gasteiger partial charge is 0.407 e. The quantitative estimate of drug-likeness (QED) is 0.886. The van der Waals surface area contributed by atoms with Crippen molar-refractivity contribution >= 4 is 6.09 Å². The molecular formula is C17H19NO3. The van der Waals surface area contributed by atoms with E-state index < -0.39 is 6.09 Å². The maximum absolute atomic E-state index is 11.7. The van der Waals surface area contributed by atoms with Gasteiger partial charge in [0.25, 0.3) is 0 Å². The fourth-order valence-corrected chi connectivity index (χ4v) is 2.00. The first kappa shape index (κ1) is 14.9.